The summed E-state index contributed by atoms with van der Waals surface area (Å²) in [6.07, 6.45) is 4.23. The molecule has 0 amide bonds. The van der Waals surface area contributed by atoms with Crippen molar-refractivity contribution in [2.24, 2.45) is 5.92 Å². The van der Waals surface area contributed by atoms with Crippen molar-refractivity contribution in [2.45, 2.75) is 18.9 Å². The van der Waals surface area contributed by atoms with E-state index in [4.69, 9.17) is 0 Å². The normalized spacial score (nSPS) is 24.4. The molecule has 136 valence electrons. The SMILES string of the molecule is O.O=c1[nH]c(N[C@@H]2CN3CCC2CC3)nnc1-c1c[nH]c2ccccc12. The summed E-state index contributed by atoms with van der Waals surface area (Å²) in [5.74, 6) is 1.12. The predicted octanol–water partition coefficient (Wildman–Crippen LogP) is 0.995. The highest BCUT2D eigenvalue weighted by Gasteiger charge is 2.34. The first kappa shape index (κ1) is 16.7. The molecule has 5 N–H and O–H groups in total. The van der Waals surface area contributed by atoms with Crippen LogP contribution in [0, 0.1) is 5.92 Å². The molecule has 3 aliphatic heterocycles. The third kappa shape index (κ3) is 2.77. The zero-order valence-electron chi connectivity index (χ0n) is 14.3. The van der Waals surface area contributed by atoms with E-state index in [0.29, 0.717) is 23.6 Å². The van der Waals surface area contributed by atoms with Gasteiger partial charge in [0.2, 0.25) is 5.95 Å². The molecule has 3 aliphatic rings. The minimum atomic E-state index is -0.219. The van der Waals surface area contributed by atoms with Crippen LogP contribution in [-0.4, -0.2) is 56.2 Å². The highest BCUT2D eigenvalue weighted by molar-refractivity contribution is 5.94. The number of fused-ring (bicyclic) bond motifs is 4. The molecular weight excluding hydrogens is 332 g/mol. The minimum Gasteiger partial charge on any atom is -0.412 e. The van der Waals surface area contributed by atoms with Crippen molar-refractivity contribution in [3.8, 4) is 11.3 Å². The van der Waals surface area contributed by atoms with Crippen LogP contribution in [0.3, 0.4) is 0 Å². The Morgan fingerprint density at radius 3 is 2.69 bits per heavy atom. The number of nitrogens with one attached hydrogen (secondary N) is 3. The highest BCUT2D eigenvalue weighted by atomic mass is 16.1. The summed E-state index contributed by atoms with van der Waals surface area (Å²) in [4.78, 5) is 21.1. The maximum atomic E-state index is 12.6. The van der Waals surface area contributed by atoms with E-state index in [-0.39, 0.29) is 11.0 Å². The number of hydrogen-bond donors (Lipinski definition) is 3. The summed E-state index contributed by atoms with van der Waals surface area (Å²) in [6, 6.07) is 8.20. The van der Waals surface area contributed by atoms with Crippen molar-refractivity contribution in [3.05, 3.63) is 40.8 Å². The number of para-hydroxylation sites is 1. The minimum absolute atomic E-state index is 0. The number of H-pyrrole nitrogens is 2. The molecule has 2 aromatic heterocycles. The van der Waals surface area contributed by atoms with Crippen LogP contribution >= 0.6 is 0 Å². The smallest absolute Gasteiger partial charge is 0.279 e. The van der Waals surface area contributed by atoms with Gasteiger partial charge in [-0.05, 0) is 37.9 Å². The van der Waals surface area contributed by atoms with Crippen LogP contribution < -0.4 is 10.9 Å². The Morgan fingerprint density at radius 1 is 1.15 bits per heavy atom. The van der Waals surface area contributed by atoms with Gasteiger partial charge < -0.3 is 20.7 Å². The van der Waals surface area contributed by atoms with Crippen molar-refractivity contribution in [1.29, 1.82) is 0 Å². The van der Waals surface area contributed by atoms with Crippen molar-refractivity contribution < 1.29 is 5.48 Å². The van der Waals surface area contributed by atoms with Crippen molar-refractivity contribution in [3.63, 3.8) is 0 Å². The van der Waals surface area contributed by atoms with Crippen molar-refractivity contribution in [2.75, 3.05) is 25.0 Å². The quantitative estimate of drug-likeness (QED) is 0.648. The number of hydrogen-bond acceptors (Lipinski definition) is 5. The first-order valence-electron chi connectivity index (χ1n) is 8.80. The standard InChI is InChI=1S/C18H20N6O.H2O/c25-17-16(13-9-19-14-4-2-1-3-12(13)14)22-23-18(21-17)20-15-10-24-7-5-11(15)6-8-24;/h1-4,9,11,15,19H,5-8,10H2,(H2,20,21,23,25);1H2/t15-;/m1./s1. The van der Waals surface area contributed by atoms with Crippen molar-refractivity contribution >= 4 is 16.9 Å². The van der Waals surface area contributed by atoms with E-state index in [1.165, 1.54) is 25.9 Å². The molecule has 5 heterocycles. The van der Waals surface area contributed by atoms with Gasteiger partial charge in [-0.3, -0.25) is 9.78 Å². The fourth-order valence-electron chi connectivity index (χ4n) is 4.15. The highest BCUT2D eigenvalue weighted by Crippen LogP contribution is 2.29. The second kappa shape index (κ2) is 6.54. The Balaban J connectivity index is 0.00000168. The van der Waals surface area contributed by atoms with E-state index < -0.39 is 0 Å². The summed E-state index contributed by atoms with van der Waals surface area (Å²) in [7, 11) is 0. The average molecular weight is 354 g/mol. The molecule has 6 rings (SSSR count). The second-order valence-corrected chi connectivity index (χ2v) is 6.99. The second-order valence-electron chi connectivity index (χ2n) is 6.99. The Kier molecular flexibility index (Phi) is 4.21. The maximum Gasteiger partial charge on any atom is 0.279 e. The molecule has 2 bridgehead atoms. The zero-order chi connectivity index (χ0) is 16.8. The molecule has 0 aliphatic carbocycles. The molecule has 0 saturated carbocycles. The monoisotopic (exact) mass is 354 g/mol. The maximum absolute atomic E-state index is 12.6. The van der Waals surface area contributed by atoms with Crippen LogP contribution in [0.4, 0.5) is 5.95 Å². The molecule has 26 heavy (non-hydrogen) atoms. The van der Waals surface area contributed by atoms with Gasteiger partial charge in [0.15, 0.2) is 5.69 Å². The Bertz CT molecular complexity index is 973. The molecule has 1 atom stereocenters. The first-order valence-corrected chi connectivity index (χ1v) is 8.80. The summed E-state index contributed by atoms with van der Waals surface area (Å²) in [6.45, 7) is 3.38. The number of benzene rings is 1. The van der Waals surface area contributed by atoms with Gasteiger partial charge in [0.1, 0.15) is 0 Å². The molecule has 8 heteroatoms. The molecular formula is C18H22N6O2. The summed E-state index contributed by atoms with van der Waals surface area (Å²) in [5.41, 5.74) is 1.88. The Morgan fingerprint density at radius 2 is 1.96 bits per heavy atom. The Labute approximate surface area is 150 Å². The van der Waals surface area contributed by atoms with Gasteiger partial charge in [-0.25, -0.2) is 0 Å². The van der Waals surface area contributed by atoms with Crippen LogP contribution in [-0.2, 0) is 0 Å². The van der Waals surface area contributed by atoms with Gasteiger partial charge in [0.05, 0.1) is 0 Å². The molecule has 3 fully saturated rings. The van der Waals surface area contributed by atoms with Crippen molar-refractivity contribution in [1.82, 2.24) is 25.1 Å². The lowest BCUT2D eigenvalue weighted by atomic mass is 9.84. The third-order valence-electron chi connectivity index (χ3n) is 5.52. The number of rotatable bonds is 3. The van der Waals surface area contributed by atoms with Crippen LogP contribution in [0.15, 0.2) is 35.3 Å². The van der Waals surface area contributed by atoms with Gasteiger partial charge >= 0.3 is 0 Å². The lowest BCUT2D eigenvalue weighted by molar-refractivity contribution is 0.0971. The van der Waals surface area contributed by atoms with Crippen LogP contribution in [0.25, 0.3) is 22.2 Å². The Hall–Kier alpha value is -2.71. The fraction of sp³-hybridized carbons (Fsp3) is 0.389. The number of anilines is 1. The molecule has 1 aromatic carbocycles. The van der Waals surface area contributed by atoms with E-state index in [2.05, 4.69) is 30.4 Å². The number of aromatic nitrogens is 4. The van der Waals surface area contributed by atoms with Gasteiger partial charge in [-0.1, -0.05) is 18.2 Å². The third-order valence-corrected chi connectivity index (χ3v) is 5.52. The van der Waals surface area contributed by atoms with E-state index in [9.17, 15) is 4.79 Å². The van der Waals surface area contributed by atoms with E-state index in [0.717, 1.165) is 23.0 Å². The van der Waals surface area contributed by atoms with Gasteiger partial charge in [-0.15, -0.1) is 10.2 Å². The number of piperidine rings is 3. The largest absolute Gasteiger partial charge is 0.412 e. The molecule has 3 aromatic rings. The van der Waals surface area contributed by atoms with E-state index in [1.807, 2.05) is 30.5 Å². The van der Waals surface area contributed by atoms with Gasteiger partial charge in [0.25, 0.3) is 5.56 Å². The summed E-state index contributed by atoms with van der Waals surface area (Å²) < 4.78 is 0. The number of aromatic amines is 2. The van der Waals surface area contributed by atoms with E-state index >= 15 is 0 Å². The molecule has 0 unspecified atom stereocenters. The fourth-order valence-corrected chi connectivity index (χ4v) is 4.15. The molecule has 0 spiro atoms. The first-order chi connectivity index (χ1) is 12.3. The average Bonchev–Trinajstić information content (AvgIpc) is 3.07. The molecule has 3 saturated heterocycles. The molecule has 0 radical (unpaired) electrons. The topological polar surface area (TPSA) is 121 Å². The van der Waals surface area contributed by atoms with Crippen LogP contribution in [0.1, 0.15) is 12.8 Å². The molecule has 8 nitrogen and oxygen atoms in total. The predicted molar refractivity (Wildman–Crippen MR) is 100 cm³/mol. The van der Waals surface area contributed by atoms with E-state index in [1.54, 1.807) is 0 Å². The summed E-state index contributed by atoms with van der Waals surface area (Å²) in [5, 5.41) is 12.8. The van der Waals surface area contributed by atoms with Crippen LogP contribution in [0.2, 0.25) is 0 Å². The lowest BCUT2D eigenvalue weighted by Gasteiger charge is -2.44. The summed E-state index contributed by atoms with van der Waals surface area (Å²) >= 11 is 0. The van der Waals surface area contributed by atoms with Crippen LogP contribution in [0.5, 0.6) is 0 Å². The van der Waals surface area contributed by atoms with Gasteiger partial charge in [-0.2, -0.15) is 0 Å². The van der Waals surface area contributed by atoms with Gasteiger partial charge in [0, 0.05) is 35.2 Å². The number of nitrogens with zero attached hydrogens (tertiary/aromatic N) is 3. The lowest BCUT2D eigenvalue weighted by Crippen LogP contribution is -2.53. The zero-order valence-corrected chi connectivity index (χ0v) is 14.3.